The number of carbonyl (C=O) groups excluding carboxylic acids is 1. The molecule has 4 nitrogen and oxygen atoms in total. The van der Waals surface area contributed by atoms with Crippen molar-refractivity contribution in [2.24, 2.45) is 0 Å². The van der Waals surface area contributed by atoms with Gasteiger partial charge in [-0.15, -0.1) is 0 Å². The van der Waals surface area contributed by atoms with Crippen molar-refractivity contribution in [3.63, 3.8) is 0 Å². The molecule has 2 heterocycles. The lowest BCUT2D eigenvalue weighted by Gasteiger charge is -2.43. The normalized spacial score (nSPS) is 18.3. The van der Waals surface area contributed by atoms with Gasteiger partial charge in [0.2, 0.25) is 5.91 Å². The molecule has 4 aromatic rings. The van der Waals surface area contributed by atoms with Gasteiger partial charge in [-0.25, -0.2) is 4.39 Å². The lowest BCUT2D eigenvalue weighted by molar-refractivity contribution is -0.140. The second-order valence-corrected chi connectivity index (χ2v) is 11.6. The molecule has 0 spiro atoms. The standard InChI is InChI=1S/C36H35FN2O2.CH4/c1-24(36(40)39(23-29-12-5-7-16-33(29)37)30-21-27-10-2-3-11-28(27)22-30)38-19-17-25-9-4-6-14-31(25)34(38)32-15-8-13-26-18-20-41-35(26)32;/h2-16,24,30,34H,17-23H2,1H3;1H4/t24-,34+;/m0./s1. The number of fused-ring (bicyclic) bond motifs is 3. The smallest absolute Gasteiger partial charge is 0.240 e. The minimum atomic E-state index is -0.402. The summed E-state index contributed by atoms with van der Waals surface area (Å²) >= 11 is 0. The Hall–Kier alpha value is -3.96. The molecule has 3 aliphatic rings. The van der Waals surface area contributed by atoms with Crippen LogP contribution >= 0.6 is 0 Å². The van der Waals surface area contributed by atoms with E-state index >= 15 is 0 Å². The Morgan fingerprint density at radius 2 is 1.50 bits per heavy atom. The van der Waals surface area contributed by atoms with Crippen molar-refractivity contribution in [2.45, 2.75) is 64.7 Å². The quantitative estimate of drug-likeness (QED) is 0.256. The first kappa shape index (κ1) is 28.2. The second kappa shape index (κ2) is 11.7. The van der Waals surface area contributed by atoms with Crippen molar-refractivity contribution in [1.29, 1.82) is 0 Å². The van der Waals surface area contributed by atoms with Crippen LogP contribution in [0.1, 0.15) is 59.3 Å². The Morgan fingerprint density at radius 1 is 0.857 bits per heavy atom. The maximum Gasteiger partial charge on any atom is 0.240 e. The number of para-hydroxylation sites is 1. The zero-order chi connectivity index (χ0) is 27.9. The first-order valence-electron chi connectivity index (χ1n) is 14.8. The predicted molar refractivity (Wildman–Crippen MR) is 165 cm³/mol. The van der Waals surface area contributed by atoms with Crippen LogP contribution in [0.5, 0.6) is 5.75 Å². The van der Waals surface area contributed by atoms with Gasteiger partial charge in [0.05, 0.1) is 18.7 Å². The van der Waals surface area contributed by atoms with E-state index < -0.39 is 6.04 Å². The summed E-state index contributed by atoms with van der Waals surface area (Å²) < 4.78 is 21.1. The summed E-state index contributed by atoms with van der Waals surface area (Å²) in [5.74, 6) is 0.743. The molecule has 0 saturated carbocycles. The van der Waals surface area contributed by atoms with E-state index in [2.05, 4.69) is 71.6 Å². The van der Waals surface area contributed by atoms with Gasteiger partial charge in [-0.2, -0.15) is 0 Å². The molecule has 7 rings (SSSR count). The first-order valence-corrected chi connectivity index (χ1v) is 14.8. The van der Waals surface area contributed by atoms with Crippen LogP contribution in [-0.2, 0) is 37.0 Å². The fraction of sp³-hybridized carbons (Fsp3) is 0.324. The molecule has 1 aliphatic carbocycles. The van der Waals surface area contributed by atoms with E-state index in [1.807, 2.05) is 17.9 Å². The summed E-state index contributed by atoms with van der Waals surface area (Å²) in [5.41, 5.74) is 8.01. The Labute approximate surface area is 248 Å². The number of hydrogen-bond donors (Lipinski definition) is 0. The van der Waals surface area contributed by atoms with Gasteiger partial charge >= 0.3 is 0 Å². The Bertz CT molecular complexity index is 1580. The van der Waals surface area contributed by atoms with Crippen molar-refractivity contribution in [2.75, 3.05) is 13.2 Å². The van der Waals surface area contributed by atoms with Crippen LogP contribution in [0.2, 0.25) is 0 Å². The molecule has 5 heteroatoms. The molecule has 0 N–H and O–H groups in total. The number of rotatable bonds is 6. The topological polar surface area (TPSA) is 32.8 Å². The molecular weight excluding hydrogens is 523 g/mol. The number of nitrogens with zero attached hydrogens (tertiary/aromatic N) is 2. The van der Waals surface area contributed by atoms with Gasteiger partial charge in [0, 0.05) is 36.7 Å². The van der Waals surface area contributed by atoms with Crippen LogP contribution < -0.4 is 4.74 Å². The number of ether oxygens (including phenoxy) is 1. The largest absolute Gasteiger partial charge is 0.493 e. The Kier molecular flexibility index (Phi) is 7.87. The molecular formula is C37H39FN2O2. The number of hydrogen-bond acceptors (Lipinski definition) is 3. The van der Waals surface area contributed by atoms with Gasteiger partial charge in [-0.3, -0.25) is 9.69 Å². The molecule has 0 radical (unpaired) electrons. The van der Waals surface area contributed by atoms with Crippen molar-refractivity contribution >= 4 is 5.91 Å². The molecule has 1 amide bonds. The summed E-state index contributed by atoms with van der Waals surface area (Å²) in [5, 5.41) is 0. The SMILES string of the molecule is C.C[C@@H](C(=O)N(Cc1ccccc1F)C1Cc2ccccc2C1)N1CCc2ccccc2[C@@H]1c1cccc2c1OCC2. The number of carbonyl (C=O) groups is 1. The zero-order valence-corrected chi connectivity index (χ0v) is 23.4. The van der Waals surface area contributed by atoms with Gasteiger partial charge in [-0.1, -0.05) is 92.4 Å². The third-order valence-electron chi connectivity index (χ3n) is 9.27. The first-order chi connectivity index (χ1) is 20.1. The molecule has 2 atom stereocenters. The molecule has 0 bridgehead atoms. The van der Waals surface area contributed by atoms with E-state index in [1.165, 1.54) is 33.9 Å². The van der Waals surface area contributed by atoms with E-state index in [-0.39, 0.29) is 37.8 Å². The summed E-state index contributed by atoms with van der Waals surface area (Å²) in [6.45, 7) is 3.74. The van der Waals surface area contributed by atoms with Crippen LogP contribution in [0, 0.1) is 5.82 Å². The third kappa shape index (κ3) is 5.00. The van der Waals surface area contributed by atoms with E-state index in [0.717, 1.165) is 43.5 Å². The highest BCUT2D eigenvalue weighted by atomic mass is 19.1. The summed E-state index contributed by atoms with van der Waals surface area (Å²) in [6.07, 6.45) is 3.36. The maximum absolute atomic E-state index is 14.9. The molecule has 4 aromatic carbocycles. The highest BCUT2D eigenvalue weighted by molar-refractivity contribution is 5.82. The highest BCUT2D eigenvalue weighted by Crippen LogP contribution is 2.43. The summed E-state index contributed by atoms with van der Waals surface area (Å²) in [6, 6.07) is 29.8. The molecule has 42 heavy (non-hydrogen) atoms. The average molecular weight is 563 g/mol. The fourth-order valence-electron chi connectivity index (χ4n) is 7.14. The second-order valence-electron chi connectivity index (χ2n) is 11.6. The van der Waals surface area contributed by atoms with Gasteiger partial charge in [0.15, 0.2) is 0 Å². The minimum Gasteiger partial charge on any atom is -0.493 e. The molecule has 0 fully saturated rings. The number of amides is 1. The Morgan fingerprint density at radius 3 is 2.26 bits per heavy atom. The van der Waals surface area contributed by atoms with Crippen LogP contribution in [0.4, 0.5) is 4.39 Å². The minimum absolute atomic E-state index is 0. The highest BCUT2D eigenvalue weighted by Gasteiger charge is 2.40. The number of halogens is 1. The van der Waals surface area contributed by atoms with Gasteiger partial charge in [0.1, 0.15) is 11.6 Å². The van der Waals surface area contributed by atoms with Gasteiger partial charge < -0.3 is 9.64 Å². The molecule has 0 saturated heterocycles. The summed E-state index contributed by atoms with van der Waals surface area (Å²) in [4.78, 5) is 18.9. The average Bonchev–Trinajstić information content (AvgIpc) is 3.67. The van der Waals surface area contributed by atoms with Gasteiger partial charge in [-0.05, 0) is 60.1 Å². The fourth-order valence-corrected chi connectivity index (χ4v) is 7.14. The monoisotopic (exact) mass is 562 g/mol. The van der Waals surface area contributed by atoms with Crippen LogP contribution in [0.25, 0.3) is 0 Å². The molecule has 0 unspecified atom stereocenters. The van der Waals surface area contributed by atoms with E-state index in [4.69, 9.17) is 4.74 Å². The molecule has 0 aromatic heterocycles. The van der Waals surface area contributed by atoms with E-state index in [0.29, 0.717) is 12.2 Å². The lowest BCUT2D eigenvalue weighted by atomic mass is 9.86. The molecule has 2 aliphatic heterocycles. The van der Waals surface area contributed by atoms with Crippen LogP contribution in [0.3, 0.4) is 0 Å². The van der Waals surface area contributed by atoms with E-state index in [9.17, 15) is 9.18 Å². The Balaban J connectivity index is 0.00000316. The van der Waals surface area contributed by atoms with Crippen LogP contribution in [-0.4, -0.2) is 40.9 Å². The maximum atomic E-state index is 14.9. The van der Waals surface area contributed by atoms with Crippen molar-refractivity contribution in [3.8, 4) is 5.75 Å². The number of benzene rings is 4. The summed E-state index contributed by atoms with van der Waals surface area (Å²) in [7, 11) is 0. The predicted octanol–water partition coefficient (Wildman–Crippen LogP) is 6.93. The van der Waals surface area contributed by atoms with E-state index in [1.54, 1.807) is 12.1 Å². The third-order valence-corrected chi connectivity index (χ3v) is 9.27. The van der Waals surface area contributed by atoms with Gasteiger partial charge in [0.25, 0.3) is 0 Å². The van der Waals surface area contributed by atoms with Crippen molar-refractivity contribution < 1.29 is 13.9 Å². The van der Waals surface area contributed by atoms with Crippen molar-refractivity contribution in [1.82, 2.24) is 9.80 Å². The van der Waals surface area contributed by atoms with Crippen molar-refractivity contribution in [3.05, 3.63) is 136 Å². The lowest BCUT2D eigenvalue weighted by Crippen LogP contribution is -2.53. The molecule has 216 valence electrons. The zero-order valence-electron chi connectivity index (χ0n) is 23.4. The van der Waals surface area contributed by atoms with Crippen LogP contribution in [0.15, 0.2) is 91.0 Å².